The highest BCUT2D eigenvalue weighted by Crippen LogP contribution is 2.35. The van der Waals surface area contributed by atoms with Gasteiger partial charge in [0.1, 0.15) is 12.1 Å². The smallest absolute Gasteiger partial charge is 0.246 e. The van der Waals surface area contributed by atoms with Gasteiger partial charge in [-0.25, -0.2) is 0 Å². The van der Waals surface area contributed by atoms with Crippen LogP contribution < -0.4 is 5.32 Å². The fourth-order valence-corrected chi connectivity index (χ4v) is 2.51. The van der Waals surface area contributed by atoms with Gasteiger partial charge in [-0.3, -0.25) is 9.59 Å². The summed E-state index contributed by atoms with van der Waals surface area (Å²) >= 11 is 0. The molecule has 0 aromatic rings. The van der Waals surface area contributed by atoms with Gasteiger partial charge in [-0.05, 0) is 32.1 Å². The van der Waals surface area contributed by atoms with Gasteiger partial charge < -0.3 is 15.0 Å². The monoisotopic (exact) mass is 254 g/mol. The zero-order valence-electron chi connectivity index (χ0n) is 11.1. The highest BCUT2D eigenvalue weighted by Gasteiger charge is 2.45. The predicted octanol–water partition coefficient (Wildman–Crippen LogP) is 0.538. The Kier molecular flexibility index (Phi) is 4.22. The number of nitrogens with one attached hydrogen (secondary N) is 1. The molecule has 18 heavy (non-hydrogen) atoms. The fraction of sp³-hybridized carbons (Fsp3) is 0.846. The summed E-state index contributed by atoms with van der Waals surface area (Å²) in [5, 5.41) is 2.88. The Balaban J connectivity index is 2.03. The van der Waals surface area contributed by atoms with Crippen molar-refractivity contribution >= 4 is 11.8 Å². The Morgan fingerprint density at radius 2 is 2.06 bits per heavy atom. The minimum absolute atomic E-state index is 0.00880. The minimum Gasteiger partial charge on any atom is -0.380 e. The summed E-state index contributed by atoms with van der Waals surface area (Å²) < 4.78 is 5.30. The molecule has 2 rings (SSSR count). The molecule has 2 atom stereocenters. The van der Waals surface area contributed by atoms with Crippen LogP contribution in [-0.2, 0) is 14.3 Å². The second kappa shape index (κ2) is 5.69. The second-order valence-electron chi connectivity index (χ2n) is 4.98. The summed E-state index contributed by atoms with van der Waals surface area (Å²) in [6, 6.07) is -0.616. The van der Waals surface area contributed by atoms with Gasteiger partial charge in [0.15, 0.2) is 0 Å². The molecule has 0 aromatic carbocycles. The summed E-state index contributed by atoms with van der Waals surface area (Å²) in [5.74, 6) is 0.419. The number of amides is 2. The van der Waals surface area contributed by atoms with E-state index in [-0.39, 0.29) is 23.9 Å². The van der Waals surface area contributed by atoms with E-state index in [2.05, 4.69) is 5.32 Å². The van der Waals surface area contributed by atoms with E-state index in [4.69, 9.17) is 4.74 Å². The highest BCUT2D eigenvalue weighted by atomic mass is 16.5. The van der Waals surface area contributed by atoms with Crippen LogP contribution in [0.2, 0.25) is 0 Å². The van der Waals surface area contributed by atoms with Gasteiger partial charge in [-0.15, -0.1) is 0 Å². The first-order valence-electron chi connectivity index (χ1n) is 6.87. The topological polar surface area (TPSA) is 58.6 Å². The lowest BCUT2D eigenvalue weighted by Crippen LogP contribution is -2.64. The molecule has 2 unspecified atom stereocenters. The number of piperazine rings is 1. The number of carbonyl (C=O) groups is 2. The van der Waals surface area contributed by atoms with Gasteiger partial charge in [0, 0.05) is 13.2 Å². The zero-order chi connectivity index (χ0) is 13.1. The van der Waals surface area contributed by atoms with Gasteiger partial charge in [0.05, 0.1) is 6.61 Å². The molecular weight excluding hydrogens is 232 g/mol. The first-order chi connectivity index (χ1) is 8.69. The van der Waals surface area contributed by atoms with Crippen LogP contribution in [0.1, 0.15) is 33.1 Å². The molecule has 0 aromatic heterocycles. The van der Waals surface area contributed by atoms with Crippen molar-refractivity contribution in [2.24, 2.45) is 5.92 Å². The number of hydrogen-bond acceptors (Lipinski definition) is 3. The van der Waals surface area contributed by atoms with Crippen LogP contribution in [0.3, 0.4) is 0 Å². The third kappa shape index (κ3) is 2.66. The quantitative estimate of drug-likeness (QED) is 0.704. The van der Waals surface area contributed by atoms with Crippen molar-refractivity contribution in [1.29, 1.82) is 0 Å². The van der Waals surface area contributed by atoms with E-state index >= 15 is 0 Å². The van der Waals surface area contributed by atoms with Crippen LogP contribution in [-0.4, -0.2) is 48.6 Å². The average molecular weight is 254 g/mol. The Labute approximate surface area is 108 Å². The number of ether oxygens (including phenoxy) is 1. The molecule has 1 aliphatic heterocycles. The summed E-state index contributed by atoms with van der Waals surface area (Å²) in [4.78, 5) is 26.1. The molecule has 2 amide bonds. The Morgan fingerprint density at radius 1 is 1.33 bits per heavy atom. The van der Waals surface area contributed by atoms with E-state index in [0.29, 0.717) is 32.1 Å². The molecular formula is C13H22N2O3. The molecule has 1 saturated carbocycles. The van der Waals surface area contributed by atoms with E-state index in [1.807, 2.05) is 13.8 Å². The third-order valence-corrected chi connectivity index (χ3v) is 3.69. The molecule has 2 aliphatic rings. The molecule has 0 radical (unpaired) electrons. The van der Waals surface area contributed by atoms with E-state index in [9.17, 15) is 9.59 Å². The second-order valence-corrected chi connectivity index (χ2v) is 4.98. The zero-order valence-corrected chi connectivity index (χ0v) is 11.1. The number of nitrogens with zero attached hydrogens (tertiary/aromatic N) is 1. The largest absolute Gasteiger partial charge is 0.380 e. The van der Waals surface area contributed by atoms with Crippen LogP contribution in [0.4, 0.5) is 0 Å². The number of rotatable bonds is 6. The predicted molar refractivity (Wildman–Crippen MR) is 66.9 cm³/mol. The third-order valence-electron chi connectivity index (χ3n) is 3.69. The van der Waals surface area contributed by atoms with E-state index in [1.54, 1.807) is 4.90 Å². The molecule has 1 aliphatic carbocycles. The SMILES string of the molecule is CCOCCN1C(=O)C(C2CC2)NC(=O)C1CC. The molecule has 1 saturated heterocycles. The van der Waals surface area contributed by atoms with Crippen LogP contribution in [0.15, 0.2) is 0 Å². The van der Waals surface area contributed by atoms with Gasteiger partial charge in [0.25, 0.3) is 0 Å². The van der Waals surface area contributed by atoms with Crippen LogP contribution in [0.25, 0.3) is 0 Å². The summed E-state index contributed by atoms with van der Waals surface area (Å²) in [6.45, 7) is 5.51. The highest BCUT2D eigenvalue weighted by molar-refractivity contribution is 5.97. The van der Waals surface area contributed by atoms with Crippen LogP contribution in [0.5, 0.6) is 0 Å². The maximum atomic E-state index is 12.4. The number of carbonyl (C=O) groups excluding carboxylic acids is 2. The van der Waals surface area contributed by atoms with Gasteiger partial charge in [-0.1, -0.05) is 6.92 Å². The van der Waals surface area contributed by atoms with Crippen molar-refractivity contribution in [3.05, 3.63) is 0 Å². The molecule has 1 heterocycles. The standard InChI is InChI=1S/C13H22N2O3/c1-3-10-12(16)14-11(9-5-6-9)13(17)15(10)7-8-18-4-2/h9-11H,3-8H2,1-2H3,(H,14,16). The summed E-state index contributed by atoms with van der Waals surface area (Å²) in [5.41, 5.74) is 0. The Morgan fingerprint density at radius 3 is 2.61 bits per heavy atom. The fourth-order valence-electron chi connectivity index (χ4n) is 2.51. The maximum absolute atomic E-state index is 12.4. The van der Waals surface area contributed by atoms with Crippen molar-refractivity contribution in [1.82, 2.24) is 10.2 Å². The minimum atomic E-state index is -0.326. The molecule has 2 fully saturated rings. The van der Waals surface area contributed by atoms with Gasteiger partial charge in [0.2, 0.25) is 11.8 Å². The Hall–Kier alpha value is -1.10. The lowest BCUT2D eigenvalue weighted by Gasteiger charge is -2.38. The van der Waals surface area contributed by atoms with Gasteiger partial charge >= 0.3 is 0 Å². The average Bonchev–Trinajstić information content (AvgIpc) is 3.17. The number of hydrogen-bond donors (Lipinski definition) is 1. The van der Waals surface area contributed by atoms with Crippen molar-refractivity contribution in [3.8, 4) is 0 Å². The molecule has 0 bridgehead atoms. The van der Waals surface area contributed by atoms with E-state index < -0.39 is 0 Å². The van der Waals surface area contributed by atoms with Crippen molar-refractivity contribution in [2.45, 2.75) is 45.2 Å². The first kappa shape index (κ1) is 13.3. The first-order valence-corrected chi connectivity index (χ1v) is 6.87. The molecule has 5 nitrogen and oxygen atoms in total. The summed E-state index contributed by atoms with van der Waals surface area (Å²) in [7, 11) is 0. The van der Waals surface area contributed by atoms with Crippen molar-refractivity contribution < 1.29 is 14.3 Å². The lowest BCUT2D eigenvalue weighted by molar-refractivity contribution is -0.150. The molecule has 0 spiro atoms. The maximum Gasteiger partial charge on any atom is 0.246 e. The van der Waals surface area contributed by atoms with Crippen LogP contribution >= 0.6 is 0 Å². The van der Waals surface area contributed by atoms with E-state index in [0.717, 1.165) is 12.8 Å². The normalized spacial score (nSPS) is 28.4. The van der Waals surface area contributed by atoms with E-state index in [1.165, 1.54) is 0 Å². The summed E-state index contributed by atoms with van der Waals surface area (Å²) in [6.07, 6.45) is 2.75. The lowest BCUT2D eigenvalue weighted by atomic mass is 10.0. The van der Waals surface area contributed by atoms with Crippen molar-refractivity contribution in [3.63, 3.8) is 0 Å². The molecule has 1 N–H and O–H groups in total. The van der Waals surface area contributed by atoms with Crippen molar-refractivity contribution in [2.75, 3.05) is 19.8 Å². The Bertz CT molecular complexity index is 328. The van der Waals surface area contributed by atoms with Crippen LogP contribution in [0, 0.1) is 5.92 Å². The van der Waals surface area contributed by atoms with Gasteiger partial charge in [-0.2, -0.15) is 0 Å². The molecule has 102 valence electrons. The molecule has 5 heteroatoms.